The Hall–Kier alpha value is -1.95. The number of rotatable bonds is 4. The number of benzene rings is 1. The highest BCUT2D eigenvalue weighted by molar-refractivity contribution is 5.96. The lowest BCUT2D eigenvalue weighted by Crippen LogP contribution is -2.44. The quantitative estimate of drug-likeness (QED) is 0.867. The van der Waals surface area contributed by atoms with Gasteiger partial charge in [-0.3, -0.25) is 9.59 Å². The summed E-state index contributed by atoms with van der Waals surface area (Å²) in [4.78, 5) is 26.3. The minimum absolute atomic E-state index is 0.127. The molecular weight excluding hydrogens is 333 g/mol. The highest BCUT2D eigenvalue weighted by atomic mass is 19.1. The first-order valence-corrected chi connectivity index (χ1v) is 9.48. The topological polar surface area (TPSA) is 61.4 Å². The van der Waals surface area contributed by atoms with Gasteiger partial charge in [0.2, 0.25) is 5.91 Å². The zero-order chi connectivity index (χ0) is 18.7. The smallest absolute Gasteiger partial charge is 0.253 e. The van der Waals surface area contributed by atoms with Crippen LogP contribution in [0, 0.1) is 17.2 Å². The number of hydrogen-bond donors (Lipinski definition) is 2. The predicted molar refractivity (Wildman–Crippen MR) is 99.5 cm³/mol. The molecule has 2 heterocycles. The standard InChI is InChI=1S/C20H28FN3O2/c1-14(2)11-18(25)23-17-4-3-15(12-16(17)21)19(26)24-9-6-20(7-10-24)5-8-22-13-20/h3-4,12,14,22H,5-11,13H2,1-2H3,(H,23,25). The van der Waals surface area contributed by atoms with Crippen LogP contribution in [0.1, 0.15) is 49.9 Å². The van der Waals surface area contributed by atoms with E-state index in [1.165, 1.54) is 18.6 Å². The number of nitrogens with one attached hydrogen (secondary N) is 2. The summed E-state index contributed by atoms with van der Waals surface area (Å²) in [5, 5.41) is 5.99. The molecule has 0 unspecified atom stereocenters. The number of amides is 2. The van der Waals surface area contributed by atoms with Crippen LogP contribution in [-0.2, 0) is 4.79 Å². The summed E-state index contributed by atoms with van der Waals surface area (Å²) in [7, 11) is 0. The third-order valence-corrected chi connectivity index (χ3v) is 5.53. The van der Waals surface area contributed by atoms with Gasteiger partial charge in [0.1, 0.15) is 5.82 Å². The predicted octanol–water partition coefficient (Wildman–Crippen LogP) is 3.03. The van der Waals surface area contributed by atoms with Gasteiger partial charge in [0, 0.05) is 31.6 Å². The van der Waals surface area contributed by atoms with Crippen LogP contribution in [0.2, 0.25) is 0 Å². The van der Waals surface area contributed by atoms with Crippen molar-refractivity contribution >= 4 is 17.5 Å². The van der Waals surface area contributed by atoms with Crippen molar-refractivity contribution in [3.05, 3.63) is 29.6 Å². The SMILES string of the molecule is CC(C)CC(=O)Nc1ccc(C(=O)N2CCC3(CCNC3)CC2)cc1F. The third kappa shape index (κ3) is 4.23. The molecule has 0 aromatic heterocycles. The van der Waals surface area contributed by atoms with E-state index in [4.69, 9.17) is 0 Å². The molecule has 2 fully saturated rings. The number of nitrogens with zero attached hydrogens (tertiary/aromatic N) is 1. The number of piperidine rings is 1. The van der Waals surface area contributed by atoms with Crippen molar-refractivity contribution in [2.75, 3.05) is 31.5 Å². The van der Waals surface area contributed by atoms with E-state index in [0.29, 0.717) is 17.4 Å². The average Bonchev–Trinajstić information content (AvgIpc) is 3.04. The van der Waals surface area contributed by atoms with Gasteiger partial charge in [0.25, 0.3) is 5.91 Å². The molecule has 2 aliphatic heterocycles. The highest BCUT2D eigenvalue weighted by Crippen LogP contribution is 2.37. The van der Waals surface area contributed by atoms with Gasteiger partial charge in [-0.1, -0.05) is 13.8 Å². The van der Waals surface area contributed by atoms with Crippen LogP contribution in [0.4, 0.5) is 10.1 Å². The first-order chi connectivity index (χ1) is 12.4. The van der Waals surface area contributed by atoms with Crippen molar-refractivity contribution in [2.45, 2.75) is 39.5 Å². The Morgan fingerprint density at radius 1 is 1.27 bits per heavy atom. The lowest BCUT2D eigenvalue weighted by atomic mass is 9.78. The van der Waals surface area contributed by atoms with Gasteiger partial charge in [-0.25, -0.2) is 4.39 Å². The van der Waals surface area contributed by atoms with Gasteiger partial charge in [-0.05, 0) is 55.3 Å². The fourth-order valence-corrected chi connectivity index (χ4v) is 3.91. The molecule has 1 aromatic rings. The first kappa shape index (κ1) is 18.8. The van der Waals surface area contributed by atoms with E-state index >= 15 is 0 Å². The van der Waals surface area contributed by atoms with Gasteiger partial charge in [0.15, 0.2) is 0 Å². The Morgan fingerprint density at radius 3 is 2.58 bits per heavy atom. The van der Waals surface area contributed by atoms with Crippen LogP contribution in [0.5, 0.6) is 0 Å². The van der Waals surface area contributed by atoms with Crippen molar-refractivity contribution in [3.63, 3.8) is 0 Å². The molecule has 1 aromatic carbocycles. The van der Waals surface area contributed by atoms with Crippen LogP contribution in [0.15, 0.2) is 18.2 Å². The van der Waals surface area contributed by atoms with E-state index in [2.05, 4.69) is 10.6 Å². The Bertz CT molecular complexity index is 674. The van der Waals surface area contributed by atoms with Crippen LogP contribution >= 0.6 is 0 Å². The van der Waals surface area contributed by atoms with E-state index in [0.717, 1.165) is 39.0 Å². The molecule has 142 valence electrons. The number of hydrogen-bond acceptors (Lipinski definition) is 3. The number of likely N-dealkylation sites (tertiary alicyclic amines) is 1. The molecule has 1 spiro atoms. The maximum atomic E-state index is 14.3. The van der Waals surface area contributed by atoms with Gasteiger partial charge >= 0.3 is 0 Å². The average molecular weight is 361 g/mol. The minimum atomic E-state index is -0.568. The third-order valence-electron chi connectivity index (χ3n) is 5.53. The lowest BCUT2D eigenvalue weighted by molar-refractivity contribution is -0.116. The summed E-state index contributed by atoms with van der Waals surface area (Å²) in [6.45, 7) is 7.39. The second-order valence-electron chi connectivity index (χ2n) is 8.06. The Balaban J connectivity index is 1.61. The molecule has 26 heavy (non-hydrogen) atoms. The van der Waals surface area contributed by atoms with Crippen LogP contribution in [0.3, 0.4) is 0 Å². The van der Waals surface area contributed by atoms with E-state index < -0.39 is 5.82 Å². The van der Waals surface area contributed by atoms with Crippen molar-refractivity contribution in [2.24, 2.45) is 11.3 Å². The molecule has 2 amide bonds. The Morgan fingerprint density at radius 2 is 2.00 bits per heavy atom. The lowest BCUT2D eigenvalue weighted by Gasteiger charge is -2.38. The monoisotopic (exact) mass is 361 g/mol. The summed E-state index contributed by atoms with van der Waals surface area (Å²) < 4.78 is 14.3. The van der Waals surface area contributed by atoms with E-state index in [9.17, 15) is 14.0 Å². The highest BCUT2D eigenvalue weighted by Gasteiger charge is 2.38. The summed E-state index contributed by atoms with van der Waals surface area (Å²) in [5.74, 6) is -0.716. The van der Waals surface area contributed by atoms with Crippen LogP contribution < -0.4 is 10.6 Å². The molecule has 3 rings (SSSR count). The van der Waals surface area contributed by atoms with Crippen LogP contribution in [0.25, 0.3) is 0 Å². The molecule has 6 heteroatoms. The van der Waals surface area contributed by atoms with Gasteiger partial charge in [-0.2, -0.15) is 0 Å². The Kier molecular flexibility index (Phi) is 5.61. The first-order valence-electron chi connectivity index (χ1n) is 9.48. The second-order valence-corrected chi connectivity index (χ2v) is 8.06. The number of halogens is 1. The van der Waals surface area contributed by atoms with Crippen molar-refractivity contribution in [1.82, 2.24) is 10.2 Å². The van der Waals surface area contributed by atoms with E-state index in [-0.39, 0.29) is 23.4 Å². The fourth-order valence-electron chi connectivity index (χ4n) is 3.91. The fraction of sp³-hybridized carbons (Fsp3) is 0.600. The normalized spacial score (nSPS) is 19.2. The van der Waals surface area contributed by atoms with Gasteiger partial charge in [0.05, 0.1) is 5.69 Å². The molecule has 2 aliphatic rings. The van der Waals surface area contributed by atoms with Crippen molar-refractivity contribution < 1.29 is 14.0 Å². The maximum Gasteiger partial charge on any atom is 0.253 e. The molecule has 2 N–H and O–H groups in total. The zero-order valence-corrected chi connectivity index (χ0v) is 15.6. The largest absolute Gasteiger partial charge is 0.339 e. The molecule has 0 atom stereocenters. The zero-order valence-electron chi connectivity index (χ0n) is 15.6. The summed E-state index contributed by atoms with van der Waals surface area (Å²) in [6, 6.07) is 4.31. The minimum Gasteiger partial charge on any atom is -0.339 e. The number of anilines is 1. The molecule has 0 radical (unpaired) electrons. The Labute approximate surface area is 154 Å². The summed E-state index contributed by atoms with van der Waals surface area (Å²) >= 11 is 0. The van der Waals surface area contributed by atoms with Gasteiger partial charge < -0.3 is 15.5 Å². The van der Waals surface area contributed by atoms with Crippen molar-refractivity contribution in [1.29, 1.82) is 0 Å². The van der Waals surface area contributed by atoms with Crippen molar-refractivity contribution in [3.8, 4) is 0 Å². The number of carbonyl (C=O) groups is 2. The van der Waals surface area contributed by atoms with E-state index in [1.807, 2.05) is 18.7 Å². The summed E-state index contributed by atoms with van der Waals surface area (Å²) in [6.07, 6.45) is 3.51. The maximum absolute atomic E-state index is 14.3. The molecule has 2 saturated heterocycles. The molecule has 5 nitrogen and oxygen atoms in total. The molecule has 0 bridgehead atoms. The molecule has 0 aliphatic carbocycles. The number of carbonyl (C=O) groups excluding carboxylic acids is 2. The van der Waals surface area contributed by atoms with Crippen LogP contribution in [-0.4, -0.2) is 42.9 Å². The second kappa shape index (κ2) is 7.74. The molecule has 0 saturated carbocycles. The van der Waals surface area contributed by atoms with Gasteiger partial charge in [-0.15, -0.1) is 0 Å². The molecular formula is C20H28FN3O2. The van der Waals surface area contributed by atoms with E-state index in [1.54, 1.807) is 6.07 Å². The summed E-state index contributed by atoms with van der Waals surface area (Å²) in [5.41, 5.74) is 0.804.